The van der Waals surface area contributed by atoms with Crippen molar-refractivity contribution in [3.8, 4) is 11.1 Å². The van der Waals surface area contributed by atoms with E-state index in [0.29, 0.717) is 0 Å². The summed E-state index contributed by atoms with van der Waals surface area (Å²) >= 11 is 7.30. The van der Waals surface area contributed by atoms with Crippen molar-refractivity contribution in [2.45, 2.75) is 118 Å². The molecule has 0 N–H and O–H groups in total. The molecule has 0 spiro atoms. The van der Waals surface area contributed by atoms with E-state index in [4.69, 9.17) is 11.6 Å². The Balaban J connectivity index is 0.000000340. The van der Waals surface area contributed by atoms with E-state index in [1.54, 1.807) is 0 Å². The van der Waals surface area contributed by atoms with Gasteiger partial charge in [0.25, 0.3) is 0 Å². The molecule has 6 rings (SSSR count). The Kier molecular flexibility index (Phi) is 15.9. The third-order valence-electron chi connectivity index (χ3n) is 9.26. The van der Waals surface area contributed by atoms with Crippen molar-refractivity contribution < 1.29 is 49.0 Å². The van der Waals surface area contributed by atoms with Gasteiger partial charge in [-0.3, -0.25) is 0 Å². The normalized spacial score (nSPS) is 12.2. The molecule has 0 unspecified atom stereocenters. The van der Waals surface area contributed by atoms with Gasteiger partial charge in [-0.25, -0.2) is 12.1 Å². The van der Waals surface area contributed by atoms with Gasteiger partial charge in [0.1, 0.15) is 0 Å². The number of aryl methyl sites for hydroxylation is 1. The minimum Gasteiger partial charge on any atom is -1.00 e. The molecule has 276 valence electrons. The zero-order chi connectivity index (χ0) is 37.2. The van der Waals surface area contributed by atoms with Crippen molar-refractivity contribution >= 4 is 14.8 Å². The Labute approximate surface area is 348 Å². The second-order valence-electron chi connectivity index (χ2n) is 17.9. The van der Waals surface area contributed by atoms with Crippen molar-refractivity contribution in [3.05, 3.63) is 158 Å². The van der Waals surface area contributed by atoms with Crippen LogP contribution in [0.25, 0.3) is 11.1 Å². The van der Waals surface area contributed by atoms with Crippen LogP contribution >= 0.6 is 11.6 Å². The van der Waals surface area contributed by atoms with Gasteiger partial charge in [-0.05, 0) is 39.4 Å². The molecule has 0 aliphatic heterocycles. The maximum Gasteiger partial charge on any atom is -0.172 e. The summed E-state index contributed by atoms with van der Waals surface area (Å²) in [5, 5.41) is 0.788. The first kappa shape index (κ1) is 46.0. The third kappa shape index (κ3) is 11.7. The molecule has 5 aromatic carbocycles. The topological polar surface area (TPSA) is 0 Å². The molecule has 0 bridgehead atoms. The zero-order valence-electron chi connectivity index (χ0n) is 33.6. The molecule has 1 aliphatic carbocycles. The monoisotopic (exact) mass is 828 g/mol. The van der Waals surface area contributed by atoms with Crippen LogP contribution in [-0.2, 0) is 52.3 Å². The standard InChI is InChI=1S/C29H41.C14H11Cl.C5H5.2ClH.Zr/c1-26(2,3)22-14-18-13-19-15-23(27(4,5)6)25(29(10,11)12)17-21(19)20(18)16-24(22)28(7,8)9;1-11-2-4-12(5-3-11)10-13-6-8-14(15)9-7-13;1-2-4-5-3-1;;;/h14,16-17H,13H2,1-12H3;2-9H,1H3;1-5H;2*1H;/q-1;;-1;;;+2/p-2. The maximum absolute atomic E-state index is 5.88. The fraction of sp³-hybridized carbons (Fsp3) is 0.375. The average molecular weight is 832 g/mol. The first-order valence-corrected chi connectivity index (χ1v) is 19.5. The van der Waals surface area contributed by atoms with E-state index in [0.717, 1.165) is 11.4 Å². The summed E-state index contributed by atoms with van der Waals surface area (Å²) in [5.74, 6) is 0. The smallest absolute Gasteiger partial charge is 0.172 e. The summed E-state index contributed by atoms with van der Waals surface area (Å²) in [6.45, 7) is 30.1. The summed E-state index contributed by atoms with van der Waals surface area (Å²) in [4.78, 5) is 0. The number of benzene rings is 4. The number of rotatable bonds is 2. The van der Waals surface area contributed by atoms with Crippen LogP contribution in [0.1, 0.15) is 133 Å². The molecule has 0 amide bonds. The second-order valence-corrected chi connectivity index (χ2v) is 19.6. The molecule has 0 saturated carbocycles. The fourth-order valence-electron chi connectivity index (χ4n) is 6.45. The van der Waals surface area contributed by atoms with Crippen LogP contribution in [0.2, 0.25) is 5.02 Å². The molecule has 5 aromatic rings. The van der Waals surface area contributed by atoms with E-state index in [-0.39, 0.29) is 46.5 Å². The van der Waals surface area contributed by atoms with Crippen molar-refractivity contribution in [2.24, 2.45) is 0 Å². The summed E-state index contributed by atoms with van der Waals surface area (Å²) in [7, 11) is 0. The van der Waals surface area contributed by atoms with Crippen LogP contribution in [0, 0.1) is 13.0 Å². The Morgan fingerprint density at radius 2 is 1.06 bits per heavy atom. The molecule has 0 atom stereocenters. The summed E-state index contributed by atoms with van der Waals surface area (Å²) in [5.41, 5.74) is 15.8. The third-order valence-corrected chi connectivity index (χ3v) is 10.9. The van der Waals surface area contributed by atoms with Gasteiger partial charge in [0.2, 0.25) is 0 Å². The van der Waals surface area contributed by atoms with Gasteiger partial charge in [0.15, 0.2) is 0 Å². The Bertz CT molecular complexity index is 1760. The summed E-state index contributed by atoms with van der Waals surface area (Å²) in [6, 6.07) is 38.1. The van der Waals surface area contributed by atoms with E-state index in [1.165, 1.54) is 88.6 Å². The molecular weight excluding hydrogens is 774 g/mol. The van der Waals surface area contributed by atoms with Gasteiger partial charge < -0.3 is 24.8 Å². The number of hydrogen-bond acceptors (Lipinski definition) is 0. The number of fused-ring (bicyclic) bond motifs is 3. The van der Waals surface area contributed by atoms with Gasteiger partial charge >= 0.3 is 116 Å². The van der Waals surface area contributed by atoms with Gasteiger partial charge in [0, 0.05) is 0 Å². The van der Waals surface area contributed by atoms with Gasteiger partial charge in [-0.15, -0.1) is 16.7 Å². The fourth-order valence-corrected chi connectivity index (χ4v) is 7.39. The first-order valence-electron chi connectivity index (χ1n) is 17.9. The van der Waals surface area contributed by atoms with Crippen LogP contribution in [0.3, 0.4) is 0 Å². The van der Waals surface area contributed by atoms with Crippen molar-refractivity contribution in [1.82, 2.24) is 0 Å². The average Bonchev–Trinajstić information content (AvgIpc) is 3.71. The molecular formula is C48H57Cl3Zr-2. The SMILES string of the molecule is CC(C)(C)c1[c-]c2c(cc1C(C)(C)C)-c1cc(C(C)(C)C)c(C(C)(C)C)cc1C2.Cc1ccc([C](=[Zr+2])c2ccc(Cl)cc2)cc1.[Cl-].[Cl-].c1cc[cH-]c1. The minimum atomic E-state index is 0. The molecule has 1 aliphatic rings. The molecule has 52 heavy (non-hydrogen) atoms. The molecule has 0 saturated heterocycles. The van der Waals surface area contributed by atoms with Gasteiger partial charge in [-0.2, -0.15) is 35.9 Å². The van der Waals surface area contributed by atoms with Crippen LogP contribution in [0.4, 0.5) is 0 Å². The summed E-state index contributed by atoms with van der Waals surface area (Å²) in [6.07, 6.45) is 1.01. The maximum atomic E-state index is 5.88. The molecule has 0 fully saturated rings. The van der Waals surface area contributed by atoms with Crippen molar-refractivity contribution in [1.29, 1.82) is 0 Å². The van der Waals surface area contributed by atoms with Crippen LogP contribution in [0.15, 0.2) is 97.1 Å². The van der Waals surface area contributed by atoms with E-state index in [2.05, 4.69) is 151 Å². The largest absolute Gasteiger partial charge is 1.00 e. The number of halogens is 3. The van der Waals surface area contributed by atoms with Crippen molar-refractivity contribution in [2.75, 3.05) is 0 Å². The Hall–Kier alpha value is -2.15. The van der Waals surface area contributed by atoms with E-state index >= 15 is 0 Å². The van der Waals surface area contributed by atoms with Crippen molar-refractivity contribution in [3.63, 3.8) is 0 Å². The van der Waals surface area contributed by atoms with Gasteiger partial charge in [-0.1, -0.05) is 106 Å². The molecule has 4 heteroatoms. The van der Waals surface area contributed by atoms with Crippen LogP contribution in [-0.4, -0.2) is 3.21 Å². The zero-order valence-corrected chi connectivity index (χ0v) is 38.3. The molecule has 0 aromatic heterocycles. The predicted molar refractivity (Wildman–Crippen MR) is 216 cm³/mol. The summed E-state index contributed by atoms with van der Waals surface area (Å²) < 4.78 is 1.36. The molecule has 0 nitrogen and oxygen atoms in total. The van der Waals surface area contributed by atoms with Crippen LogP contribution in [0.5, 0.6) is 0 Å². The van der Waals surface area contributed by atoms with E-state index in [1.807, 2.05) is 42.5 Å². The van der Waals surface area contributed by atoms with E-state index < -0.39 is 0 Å². The van der Waals surface area contributed by atoms with Crippen LogP contribution < -0.4 is 24.8 Å². The molecule has 0 heterocycles. The van der Waals surface area contributed by atoms with E-state index in [9.17, 15) is 0 Å². The Morgan fingerprint density at radius 1 is 0.615 bits per heavy atom. The second kappa shape index (κ2) is 18.0. The Morgan fingerprint density at radius 3 is 1.48 bits per heavy atom. The first-order chi connectivity index (χ1) is 23.1. The molecule has 0 radical (unpaired) electrons. The minimum absolute atomic E-state index is 0. The quantitative estimate of drug-likeness (QED) is 0.160. The number of hydrogen-bond donors (Lipinski definition) is 0. The van der Waals surface area contributed by atoms with Gasteiger partial charge in [0.05, 0.1) is 0 Å². The predicted octanol–water partition coefficient (Wildman–Crippen LogP) is 7.43.